The van der Waals surface area contributed by atoms with Crippen molar-refractivity contribution in [2.24, 2.45) is 0 Å². The van der Waals surface area contributed by atoms with E-state index in [-0.39, 0.29) is 11.9 Å². The third kappa shape index (κ3) is 2.52. The molecule has 11 heavy (non-hydrogen) atoms. The first kappa shape index (κ1) is 8.56. The average Bonchev–Trinajstić information content (AvgIpc) is 1.79. The van der Waals surface area contributed by atoms with Crippen LogP contribution in [0.15, 0.2) is 11.6 Å². The van der Waals surface area contributed by atoms with E-state index in [1.807, 2.05) is 0 Å². The highest BCUT2D eigenvalue weighted by molar-refractivity contribution is 6.29. The quantitative estimate of drug-likeness (QED) is 0.643. The molecule has 1 rings (SSSR count). The Balaban J connectivity index is 2.15. The second-order valence-corrected chi connectivity index (χ2v) is 3.06. The number of hydrogen-bond donors (Lipinski definition) is 2. The van der Waals surface area contributed by atoms with Crippen molar-refractivity contribution in [3.05, 3.63) is 11.6 Å². The van der Waals surface area contributed by atoms with Gasteiger partial charge in [-0.15, -0.1) is 0 Å². The van der Waals surface area contributed by atoms with Gasteiger partial charge in [-0.1, -0.05) is 18.2 Å². The summed E-state index contributed by atoms with van der Waals surface area (Å²) in [5.74, 6) is 0.0121. The van der Waals surface area contributed by atoms with Gasteiger partial charge in [-0.05, 0) is 13.0 Å². The van der Waals surface area contributed by atoms with Crippen LogP contribution in [0.4, 0.5) is 0 Å². The van der Waals surface area contributed by atoms with Gasteiger partial charge in [0.2, 0.25) is 5.91 Å². The standard InChI is InChI=1S/C7H11ClN2O/c1-5(8)4-10-7(11)6-2-3-9-6/h6,9H,1-4H2,(H,10,11)/t6-/m1/s1. The van der Waals surface area contributed by atoms with E-state index in [1.54, 1.807) is 0 Å². The van der Waals surface area contributed by atoms with Crippen LogP contribution in [-0.4, -0.2) is 25.0 Å². The van der Waals surface area contributed by atoms with Gasteiger partial charge in [-0.2, -0.15) is 0 Å². The minimum absolute atomic E-state index is 0.00832. The molecular formula is C7H11ClN2O. The van der Waals surface area contributed by atoms with Gasteiger partial charge in [0.15, 0.2) is 0 Å². The van der Waals surface area contributed by atoms with Crippen molar-refractivity contribution in [3.63, 3.8) is 0 Å². The number of rotatable bonds is 3. The maximum absolute atomic E-state index is 11.1. The Morgan fingerprint density at radius 1 is 1.82 bits per heavy atom. The van der Waals surface area contributed by atoms with E-state index in [0.717, 1.165) is 13.0 Å². The van der Waals surface area contributed by atoms with Crippen molar-refractivity contribution in [2.45, 2.75) is 12.5 Å². The number of nitrogens with one attached hydrogen (secondary N) is 2. The van der Waals surface area contributed by atoms with Crippen LogP contribution in [-0.2, 0) is 4.79 Å². The highest BCUT2D eigenvalue weighted by Gasteiger charge is 2.23. The van der Waals surface area contributed by atoms with Gasteiger partial charge in [-0.25, -0.2) is 0 Å². The lowest BCUT2D eigenvalue weighted by Gasteiger charge is -2.26. The van der Waals surface area contributed by atoms with Crippen molar-refractivity contribution >= 4 is 17.5 Å². The molecule has 1 aliphatic rings. The number of amides is 1. The van der Waals surface area contributed by atoms with Crippen LogP contribution in [0.25, 0.3) is 0 Å². The number of carbonyl (C=O) groups is 1. The monoisotopic (exact) mass is 174 g/mol. The van der Waals surface area contributed by atoms with Gasteiger partial charge in [-0.3, -0.25) is 4.79 Å². The molecule has 0 aromatic rings. The lowest BCUT2D eigenvalue weighted by atomic mass is 10.1. The number of carbonyl (C=O) groups excluding carboxylic acids is 1. The zero-order chi connectivity index (χ0) is 8.27. The summed E-state index contributed by atoms with van der Waals surface area (Å²) in [5, 5.41) is 6.09. The Morgan fingerprint density at radius 3 is 2.82 bits per heavy atom. The van der Waals surface area contributed by atoms with E-state index >= 15 is 0 Å². The second-order valence-electron chi connectivity index (χ2n) is 2.53. The van der Waals surface area contributed by atoms with Crippen molar-refractivity contribution in [2.75, 3.05) is 13.1 Å². The molecule has 1 aliphatic heterocycles. The van der Waals surface area contributed by atoms with Crippen molar-refractivity contribution < 1.29 is 4.79 Å². The Hall–Kier alpha value is -0.540. The average molecular weight is 175 g/mol. The molecule has 0 aromatic heterocycles. The van der Waals surface area contributed by atoms with Crippen LogP contribution in [0.1, 0.15) is 6.42 Å². The third-order valence-electron chi connectivity index (χ3n) is 1.59. The maximum atomic E-state index is 11.1. The van der Waals surface area contributed by atoms with Gasteiger partial charge in [0.05, 0.1) is 12.6 Å². The summed E-state index contributed by atoms with van der Waals surface area (Å²) >= 11 is 5.46. The zero-order valence-electron chi connectivity index (χ0n) is 6.19. The summed E-state index contributed by atoms with van der Waals surface area (Å²) in [6, 6.07) is -0.00832. The summed E-state index contributed by atoms with van der Waals surface area (Å²) in [7, 11) is 0. The summed E-state index contributed by atoms with van der Waals surface area (Å²) < 4.78 is 0. The van der Waals surface area contributed by atoms with Gasteiger partial charge in [0.25, 0.3) is 0 Å². The molecule has 1 amide bonds. The van der Waals surface area contributed by atoms with E-state index in [2.05, 4.69) is 17.2 Å². The minimum Gasteiger partial charge on any atom is -0.350 e. The Morgan fingerprint density at radius 2 is 2.45 bits per heavy atom. The molecular weight excluding hydrogens is 164 g/mol. The molecule has 0 spiro atoms. The molecule has 1 fully saturated rings. The molecule has 1 saturated heterocycles. The molecule has 1 heterocycles. The van der Waals surface area contributed by atoms with Crippen molar-refractivity contribution in [1.29, 1.82) is 0 Å². The van der Waals surface area contributed by atoms with E-state index in [9.17, 15) is 4.79 Å². The molecule has 1 atom stereocenters. The van der Waals surface area contributed by atoms with E-state index in [4.69, 9.17) is 11.6 Å². The van der Waals surface area contributed by atoms with Crippen LogP contribution in [0.2, 0.25) is 0 Å². The molecule has 62 valence electrons. The molecule has 0 saturated carbocycles. The molecule has 2 N–H and O–H groups in total. The fourth-order valence-corrected chi connectivity index (χ4v) is 0.886. The van der Waals surface area contributed by atoms with E-state index < -0.39 is 0 Å². The number of hydrogen-bond acceptors (Lipinski definition) is 2. The van der Waals surface area contributed by atoms with Crippen LogP contribution in [0.3, 0.4) is 0 Å². The van der Waals surface area contributed by atoms with E-state index in [1.165, 1.54) is 0 Å². The molecule has 4 heteroatoms. The fourth-order valence-electron chi connectivity index (χ4n) is 0.819. The lowest BCUT2D eigenvalue weighted by Crippen LogP contribution is -2.53. The van der Waals surface area contributed by atoms with Gasteiger partial charge >= 0.3 is 0 Å². The molecule has 0 aliphatic carbocycles. The van der Waals surface area contributed by atoms with Gasteiger partial charge < -0.3 is 10.6 Å². The Labute approximate surface area is 70.8 Å². The summed E-state index contributed by atoms with van der Waals surface area (Å²) in [6.07, 6.45) is 0.917. The first-order chi connectivity index (χ1) is 5.20. The molecule has 0 radical (unpaired) electrons. The normalized spacial score (nSPS) is 22.1. The second kappa shape index (κ2) is 3.74. The van der Waals surface area contributed by atoms with Gasteiger partial charge in [0, 0.05) is 5.03 Å². The maximum Gasteiger partial charge on any atom is 0.237 e. The Bertz CT molecular complexity index is 177. The topological polar surface area (TPSA) is 41.1 Å². The largest absolute Gasteiger partial charge is 0.350 e. The molecule has 3 nitrogen and oxygen atoms in total. The highest BCUT2D eigenvalue weighted by Crippen LogP contribution is 2.01. The highest BCUT2D eigenvalue weighted by atomic mass is 35.5. The van der Waals surface area contributed by atoms with Crippen LogP contribution in [0, 0.1) is 0 Å². The lowest BCUT2D eigenvalue weighted by molar-refractivity contribution is -0.124. The smallest absolute Gasteiger partial charge is 0.237 e. The van der Waals surface area contributed by atoms with Crippen LogP contribution in [0.5, 0.6) is 0 Å². The van der Waals surface area contributed by atoms with Crippen LogP contribution >= 0.6 is 11.6 Å². The minimum atomic E-state index is -0.00832. The predicted molar refractivity (Wildman–Crippen MR) is 44.4 cm³/mol. The summed E-state index contributed by atoms with van der Waals surface area (Å²) in [6.45, 7) is 4.75. The third-order valence-corrected chi connectivity index (χ3v) is 1.73. The SMILES string of the molecule is C=C(Cl)CNC(=O)[C@H]1CCN1. The first-order valence-corrected chi connectivity index (χ1v) is 3.92. The molecule has 0 unspecified atom stereocenters. The first-order valence-electron chi connectivity index (χ1n) is 3.54. The predicted octanol–water partition coefficient (Wildman–Crippen LogP) is 0.217. The Kier molecular flexibility index (Phi) is 2.91. The zero-order valence-corrected chi connectivity index (χ0v) is 6.95. The number of halogens is 1. The fraction of sp³-hybridized carbons (Fsp3) is 0.571. The summed E-state index contributed by atoms with van der Waals surface area (Å²) in [5.41, 5.74) is 0. The van der Waals surface area contributed by atoms with Crippen molar-refractivity contribution in [3.8, 4) is 0 Å². The van der Waals surface area contributed by atoms with Gasteiger partial charge in [0.1, 0.15) is 0 Å². The van der Waals surface area contributed by atoms with Crippen molar-refractivity contribution in [1.82, 2.24) is 10.6 Å². The molecule has 0 aromatic carbocycles. The summed E-state index contributed by atoms with van der Waals surface area (Å²) in [4.78, 5) is 11.1. The van der Waals surface area contributed by atoms with E-state index in [0.29, 0.717) is 11.6 Å². The molecule has 0 bridgehead atoms. The van der Waals surface area contributed by atoms with Crippen LogP contribution < -0.4 is 10.6 Å².